The smallest absolute Gasteiger partial charge is 0.221 e. The van der Waals surface area contributed by atoms with E-state index >= 15 is 0 Å². The lowest BCUT2D eigenvalue weighted by molar-refractivity contribution is -0.122. The second kappa shape index (κ2) is 8.30. The van der Waals surface area contributed by atoms with E-state index in [2.05, 4.69) is 48.5 Å². The molecule has 0 unspecified atom stereocenters. The zero-order valence-corrected chi connectivity index (χ0v) is 15.2. The molecule has 0 saturated carbocycles. The van der Waals surface area contributed by atoms with Crippen molar-refractivity contribution in [1.29, 1.82) is 0 Å². The molecule has 0 spiro atoms. The fourth-order valence-electron chi connectivity index (χ4n) is 3.65. The number of likely N-dealkylation sites (tertiary alicyclic amines) is 1. The maximum atomic E-state index is 12.7. The SMILES string of the molecule is Cc1ccccc1[C@H](NC(=O)CC1CCN(C)CC1)c1ccccc1. The second-order valence-corrected chi connectivity index (χ2v) is 7.22. The number of nitrogens with zero attached hydrogens (tertiary/aromatic N) is 1. The zero-order chi connectivity index (χ0) is 17.6. The van der Waals surface area contributed by atoms with Crippen molar-refractivity contribution >= 4 is 5.91 Å². The molecule has 0 aliphatic carbocycles. The highest BCUT2D eigenvalue weighted by molar-refractivity contribution is 5.77. The molecule has 0 radical (unpaired) electrons. The number of carbonyl (C=O) groups excluding carboxylic acids is 1. The Kier molecular flexibility index (Phi) is 5.87. The van der Waals surface area contributed by atoms with Crippen LogP contribution in [0.15, 0.2) is 54.6 Å². The summed E-state index contributed by atoms with van der Waals surface area (Å²) in [6.45, 7) is 4.30. The van der Waals surface area contributed by atoms with E-state index in [0.29, 0.717) is 12.3 Å². The summed E-state index contributed by atoms with van der Waals surface area (Å²) in [5, 5.41) is 3.30. The van der Waals surface area contributed by atoms with Gasteiger partial charge < -0.3 is 10.2 Å². The third kappa shape index (κ3) is 4.70. The predicted molar refractivity (Wildman–Crippen MR) is 102 cm³/mol. The maximum absolute atomic E-state index is 12.7. The van der Waals surface area contributed by atoms with E-state index < -0.39 is 0 Å². The van der Waals surface area contributed by atoms with Gasteiger partial charge in [0.05, 0.1) is 6.04 Å². The Hall–Kier alpha value is -2.13. The van der Waals surface area contributed by atoms with Gasteiger partial charge in [-0.3, -0.25) is 4.79 Å². The van der Waals surface area contributed by atoms with Gasteiger partial charge in [-0.05, 0) is 62.5 Å². The van der Waals surface area contributed by atoms with Gasteiger partial charge in [-0.15, -0.1) is 0 Å². The number of aryl methyl sites for hydroxylation is 1. The number of hydrogen-bond donors (Lipinski definition) is 1. The van der Waals surface area contributed by atoms with Crippen molar-refractivity contribution in [2.24, 2.45) is 5.92 Å². The molecule has 1 amide bonds. The molecule has 2 aromatic carbocycles. The Bertz CT molecular complexity index is 690. The summed E-state index contributed by atoms with van der Waals surface area (Å²) in [4.78, 5) is 15.1. The fraction of sp³-hybridized carbons (Fsp3) is 0.409. The highest BCUT2D eigenvalue weighted by atomic mass is 16.1. The highest BCUT2D eigenvalue weighted by Crippen LogP contribution is 2.26. The summed E-state index contributed by atoms with van der Waals surface area (Å²) in [7, 11) is 2.15. The molecule has 2 aromatic rings. The van der Waals surface area contributed by atoms with Crippen LogP contribution in [0.25, 0.3) is 0 Å². The van der Waals surface area contributed by atoms with Crippen molar-refractivity contribution in [3.63, 3.8) is 0 Å². The highest BCUT2D eigenvalue weighted by Gasteiger charge is 2.23. The van der Waals surface area contributed by atoms with E-state index in [9.17, 15) is 4.79 Å². The Morgan fingerprint density at radius 2 is 1.72 bits per heavy atom. The van der Waals surface area contributed by atoms with Crippen LogP contribution in [0.3, 0.4) is 0 Å². The number of nitrogens with one attached hydrogen (secondary N) is 1. The Morgan fingerprint density at radius 3 is 2.40 bits per heavy atom. The van der Waals surface area contributed by atoms with Crippen LogP contribution in [-0.2, 0) is 4.79 Å². The van der Waals surface area contributed by atoms with Gasteiger partial charge >= 0.3 is 0 Å². The first-order chi connectivity index (χ1) is 12.1. The number of hydrogen-bond acceptors (Lipinski definition) is 2. The first-order valence-corrected chi connectivity index (χ1v) is 9.22. The minimum Gasteiger partial charge on any atom is -0.345 e. The molecule has 1 atom stereocenters. The van der Waals surface area contributed by atoms with Crippen LogP contribution in [0.4, 0.5) is 0 Å². The van der Waals surface area contributed by atoms with Gasteiger partial charge in [0.25, 0.3) is 0 Å². The largest absolute Gasteiger partial charge is 0.345 e. The van der Waals surface area contributed by atoms with Crippen LogP contribution in [0, 0.1) is 12.8 Å². The number of piperidine rings is 1. The van der Waals surface area contributed by atoms with Crippen LogP contribution in [-0.4, -0.2) is 30.9 Å². The van der Waals surface area contributed by atoms with Gasteiger partial charge in [-0.25, -0.2) is 0 Å². The van der Waals surface area contributed by atoms with Crippen LogP contribution in [0.2, 0.25) is 0 Å². The summed E-state index contributed by atoms with van der Waals surface area (Å²) in [6.07, 6.45) is 2.86. The molecule has 1 N–H and O–H groups in total. The van der Waals surface area contributed by atoms with E-state index in [1.807, 2.05) is 30.3 Å². The fourth-order valence-corrected chi connectivity index (χ4v) is 3.65. The van der Waals surface area contributed by atoms with Crippen molar-refractivity contribution in [2.45, 2.75) is 32.2 Å². The van der Waals surface area contributed by atoms with Crippen LogP contribution < -0.4 is 5.32 Å². The molecule has 0 bridgehead atoms. The molecule has 1 aliphatic rings. The van der Waals surface area contributed by atoms with Gasteiger partial charge in [-0.1, -0.05) is 54.6 Å². The molecule has 1 aliphatic heterocycles. The van der Waals surface area contributed by atoms with Crippen molar-refractivity contribution < 1.29 is 4.79 Å². The lowest BCUT2D eigenvalue weighted by atomic mass is 9.92. The first kappa shape index (κ1) is 17.7. The molecule has 0 aromatic heterocycles. The number of amides is 1. The van der Waals surface area contributed by atoms with E-state index in [-0.39, 0.29) is 11.9 Å². The lowest BCUT2D eigenvalue weighted by Gasteiger charge is -2.29. The zero-order valence-electron chi connectivity index (χ0n) is 15.2. The topological polar surface area (TPSA) is 32.3 Å². The normalized spacial score (nSPS) is 17.2. The molecule has 3 nitrogen and oxygen atoms in total. The van der Waals surface area contributed by atoms with E-state index in [1.54, 1.807) is 0 Å². The minimum absolute atomic E-state index is 0.0823. The molecule has 1 saturated heterocycles. The van der Waals surface area contributed by atoms with Crippen molar-refractivity contribution in [3.8, 4) is 0 Å². The number of carbonyl (C=O) groups is 1. The Balaban J connectivity index is 1.74. The van der Waals surface area contributed by atoms with Gasteiger partial charge in [0.2, 0.25) is 5.91 Å². The molecule has 1 heterocycles. The minimum atomic E-state index is -0.0823. The third-order valence-corrected chi connectivity index (χ3v) is 5.25. The van der Waals surface area contributed by atoms with Crippen molar-refractivity contribution in [3.05, 3.63) is 71.3 Å². The van der Waals surface area contributed by atoms with E-state index in [1.165, 1.54) is 11.1 Å². The van der Waals surface area contributed by atoms with Crippen molar-refractivity contribution in [2.75, 3.05) is 20.1 Å². The average molecular weight is 336 g/mol. The van der Waals surface area contributed by atoms with Gasteiger partial charge in [-0.2, -0.15) is 0 Å². The summed E-state index contributed by atoms with van der Waals surface area (Å²) >= 11 is 0. The Morgan fingerprint density at radius 1 is 1.08 bits per heavy atom. The molecule has 3 rings (SSSR count). The van der Waals surface area contributed by atoms with Crippen LogP contribution >= 0.6 is 0 Å². The van der Waals surface area contributed by atoms with Crippen molar-refractivity contribution in [1.82, 2.24) is 10.2 Å². The lowest BCUT2D eigenvalue weighted by Crippen LogP contribution is -2.35. The van der Waals surface area contributed by atoms with Gasteiger partial charge in [0.1, 0.15) is 0 Å². The molecular formula is C22H28N2O. The second-order valence-electron chi connectivity index (χ2n) is 7.22. The summed E-state index contributed by atoms with van der Waals surface area (Å²) < 4.78 is 0. The van der Waals surface area contributed by atoms with Crippen LogP contribution in [0.5, 0.6) is 0 Å². The maximum Gasteiger partial charge on any atom is 0.221 e. The monoisotopic (exact) mass is 336 g/mol. The molecule has 1 fully saturated rings. The predicted octanol–water partition coefficient (Wildman–Crippen LogP) is 3.93. The number of rotatable bonds is 5. The van der Waals surface area contributed by atoms with E-state index in [0.717, 1.165) is 31.5 Å². The molecular weight excluding hydrogens is 308 g/mol. The van der Waals surface area contributed by atoms with Gasteiger partial charge in [0, 0.05) is 6.42 Å². The average Bonchev–Trinajstić information content (AvgIpc) is 2.63. The Labute approximate surface area is 151 Å². The molecule has 132 valence electrons. The summed E-state index contributed by atoms with van der Waals surface area (Å²) in [6, 6.07) is 18.5. The molecule has 25 heavy (non-hydrogen) atoms. The first-order valence-electron chi connectivity index (χ1n) is 9.22. The third-order valence-electron chi connectivity index (χ3n) is 5.25. The van der Waals surface area contributed by atoms with E-state index in [4.69, 9.17) is 0 Å². The quantitative estimate of drug-likeness (QED) is 0.897. The summed E-state index contributed by atoms with van der Waals surface area (Å²) in [5.74, 6) is 0.663. The van der Waals surface area contributed by atoms with Crippen LogP contribution in [0.1, 0.15) is 42.0 Å². The molecule has 3 heteroatoms. The standard InChI is InChI=1S/C22H28N2O/c1-17-8-6-7-11-20(17)22(19-9-4-3-5-10-19)23-21(25)16-18-12-14-24(2)15-13-18/h3-11,18,22H,12-16H2,1-2H3,(H,23,25)/t22-/m1/s1. The van der Waals surface area contributed by atoms with Gasteiger partial charge in [0.15, 0.2) is 0 Å². The number of benzene rings is 2. The summed E-state index contributed by atoms with van der Waals surface area (Å²) in [5.41, 5.74) is 3.51.